The number of unbranched alkanes of at least 4 members (excludes halogenated alkanes) is 4. The molecule has 1 heterocycles. The summed E-state index contributed by atoms with van der Waals surface area (Å²) in [6, 6.07) is 21.0. The predicted molar refractivity (Wildman–Crippen MR) is 159 cm³/mol. The fraction of sp³-hybridized carbons (Fsp3) is 0.469. The van der Waals surface area contributed by atoms with Gasteiger partial charge in [-0.3, -0.25) is 4.90 Å². The second kappa shape index (κ2) is 17.0. The third-order valence-electron chi connectivity index (χ3n) is 6.88. The van der Waals surface area contributed by atoms with Crippen molar-refractivity contribution in [2.75, 3.05) is 31.6 Å². The largest absolute Gasteiger partial charge is 0.423 e. The first-order valence-corrected chi connectivity index (χ1v) is 14.1. The van der Waals surface area contributed by atoms with E-state index in [0.29, 0.717) is 19.5 Å². The highest BCUT2D eigenvalue weighted by atomic mass is 16.4. The summed E-state index contributed by atoms with van der Waals surface area (Å²) < 4.78 is 6.60. The van der Waals surface area contributed by atoms with Crippen LogP contribution in [0.1, 0.15) is 80.6 Å². The van der Waals surface area contributed by atoms with Crippen LogP contribution in [-0.2, 0) is 13.0 Å². The monoisotopic (exact) mass is 526 g/mol. The Bertz CT molecular complexity index is 1180. The van der Waals surface area contributed by atoms with E-state index in [9.17, 15) is 0 Å². The number of aromatic nitrogens is 1. The van der Waals surface area contributed by atoms with Gasteiger partial charge in [-0.25, -0.2) is 4.98 Å². The smallest absolute Gasteiger partial charge is 0.220 e. The van der Waals surface area contributed by atoms with Crippen molar-refractivity contribution in [1.82, 2.24) is 9.88 Å². The molecule has 0 N–H and O–H groups in total. The van der Waals surface area contributed by atoms with Crippen LogP contribution in [0.25, 0.3) is 10.4 Å². The number of terminal acetylenes is 1. The van der Waals surface area contributed by atoms with E-state index in [1.807, 2.05) is 24.1 Å². The van der Waals surface area contributed by atoms with E-state index < -0.39 is 0 Å². The lowest BCUT2D eigenvalue weighted by Crippen LogP contribution is -2.30. The highest BCUT2D eigenvalue weighted by molar-refractivity contribution is 5.44. The quantitative estimate of drug-likeness (QED) is 0.0554. The van der Waals surface area contributed by atoms with Crippen molar-refractivity contribution in [3.8, 4) is 12.3 Å². The minimum absolute atomic E-state index is 0.0315. The maximum Gasteiger partial charge on any atom is 0.220 e. The molecule has 0 bridgehead atoms. The second-order valence-corrected chi connectivity index (χ2v) is 10.0. The Balaban J connectivity index is 1.96. The van der Waals surface area contributed by atoms with Crippen molar-refractivity contribution in [2.24, 2.45) is 5.11 Å². The molecule has 0 aliphatic heterocycles. The van der Waals surface area contributed by atoms with Gasteiger partial charge < -0.3 is 9.32 Å². The molecule has 0 fully saturated rings. The lowest BCUT2D eigenvalue weighted by Gasteiger charge is -2.30. The van der Waals surface area contributed by atoms with E-state index in [1.165, 1.54) is 30.4 Å². The van der Waals surface area contributed by atoms with E-state index in [2.05, 4.69) is 76.3 Å². The average molecular weight is 527 g/mol. The molecule has 7 heteroatoms. The Labute approximate surface area is 233 Å². The van der Waals surface area contributed by atoms with Gasteiger partial charge in [0.2, 0.25) is 11.8 Å². The van der Waals surface area contributed by atoms with Crippen LogP contribution in [0.4, 0.5) is 5.88 Å². The van der Waals surface area contributed by atoms with Gasteiger partial charge in [0.25, 0.3) is 0 Å². The highest BCUT2D eigenvalue weighted by Crippen LogP contribution is 2.33. The zero-order valence-electron chi connectivity index (χ0n) is 23.5. The van der Waals surface area contributed by atoms with Crippen LogP contribution >= 0.6 is 0 Å². The van der Waals surface area contributed by atoms with Gasteiger partial charge in [-0.15, -0.1) is 6.42 Å². The number of azide groups is 1. The summed E-state index contributed by atoms with van der Waals surface area (Å²) in [6.07, 6.45) is 13.8. The number of anilines is 1. The average Bonchev–Trinajstić information content (AvgIpc) is 3.37. The van der Waals surface area contributed by atoms with Crippen molar-refractivity contribution in [2.45, 2.75) is 70.9 Å². The van der Waals surface area contributed by atoms with E-state index >= 15 is 0 Å². The van der Waals surface area contributed by atoms with Crippen LogP contribution in [0.5, 0.6) is 0 Å². The van der Waals surface area contributed by atoms with Gasteiger partial charge in [-0.1, -0.05) is 104 Å². The van der Waals surface area contributed by atoms with Crippen molar-refractivity contribution < 1.29 is 4.42 Å². The van der Waals surface area contributed by atoms with Crippen LogP contribution in [-0.4, -0.2) is 36.6 Å². The lowest BCUT2D eigenvalue weighted by molar-refractivity contribution is 0.147. The van der Waals surface area contributed by atoms with Crippen LogP contribution in [0, 0.1) is 12.3 Å². The van der Waals surface area contributed by atoms with E-state index in [4.69, 9.17) is 21.4 Å². The van der Waals surface area contributed by atoms with Crippen LogP contribution in [0.2, 0.25) is 0 Å². The molecular formula is C32H42N6O. The molecule has 0 saturated carbocycles. The predicted octanol–water partition coefficient (Wildman–Crippen LogP) is 7.94. The minimum atomic E-state index is 0.0315. The molecule has 1 aromatic heterocycles. The fourth-order valence-corrected chi connectivity index (χ4v) is 4.85. The maximum absolute atomic E-state index is 8.68. The van der Waals surface area contributed by atoms with Gasteiger partial charge in [0, 0.05) is 31.5 Å². The van der Waals surface area contributed by atoms with Gasteiger partial charge in [0.05, 0.1) is 12.6 Å². The summed E-state index contributed by atoms with van der Waals surface area (Å²) in [7, 11) is 1.96. The van der Waals surface area contributed by atoms with Crippen LogP contribution in [0.15, 0.2) is 70.2 Å². The molecule has 0 spiro atoms. The van der Waals surface area contributed by atoms with Crippen molar-refractivity contribution in [1.29, 1.82) is 0 Å². The lowest BCUT2D eigenvalue weighted by atomic mass is 10.0. The first-order valence-electron chi connectivity index (χ1n) is 14.1. The highest BCUT2D eigenvalue weighted by Gasteiger charge is 2.28. The normalized spacial score (nSPS) is 11.6. The molecule has 39 heavy (non-hydrogen) atoms. The van der Waals surface area contributed by atoms with Crippen LogP contribution < -0.4 is 4.90 Å². The summed E-state index contributed by atoms with van der Waals surface area (Å²) in [6.45, 7) is 4.86. The molecule has 3 aromatic rings. The number of nitrogens with zero attached hydrogens (tertiary/aromatic N) is 6. The SMILES string of the molecule is C#CCN(C)c1oc(C(CCCCCC)N(CCCCN=[N+]=[N-])Cc2ccccc2)nc1Cc1ccccc1. The van der Waals surface area contributed by atoms with Crippen molar-refractivity contribution in [3.05, 3.63) is 93.8 Å². The summed E-state index contributed by atoms with van der Waals surface area (Å²) in [5.74, 6) is 4.23. The second-order valence-electron chi connectivity index (χ2n) is 10.0. The van der Waals surface area contributed by atoms with Crippen LogP contribution in [0.3, 0.4) is 0 Å². The van der Waals surface area contributed by atoms with Gasteiger partial charge >= 0.3 is 0 Å². The zero-order chi connectivity index (χ0) is 27.7. The molecule has 1 atom stereocenters. The zero-order valence-corrected chi connectivity index (χ0v) is 23.5. The van der Waals surface area contributed by atoms with Gasteiger partial charge in [-0.05, 0) is 42.5 Å². The Hall–Kier alpha value is -3.72. The van der Waals surface area contributed by atoms with Gasteiger partial charge in [-0.2, -0.15) is 0 Å². The molecule has 206 valence electrons. The fourth-order valence-electron chi connectivity index (χ4n) is 4.85. The molecule has 3 rings (SSSR count). The van der Waals surface area contributed by atoms with E-state index in [1.54, 1.807) is 0 Å². The standard InChI is InChI=1S/C32H42N6O/c1-4-6-7-14-21-30(38(24-16-15-22-34-36-33)26-28-19-12-9-13-20-28)31-35-29(25-27-17-10-8-11-18-27)32(39-31)37(3)23-5-2/h2,8-13,17-20,30H,4,6-7,14-16,21-26H2,1,3H3. The van der Waals surface area contributed by atoms with E-state index in [-0.39, 0.29) is 6.04 Å². The van der Waals surface area contributed by atoms with E-state index in [0.717, 1.165) is 56.2 Å². The molecule has 0 radical (unpaired) electrons. The third kappa shape index (κ3) is 9.83. The number of hydrogen-bond donors (Lipinski definition) is 0. The first-order chi connectivity index (χ1) is 19.2. The molecule has 1 unspecified atom stereocenters. The number of hydrogen-bond acceptors (Lipinski definition) is 5. The molecule has 7 nitrogen and oxygen atoms in total. The molecular weight excluding hydrogens is 484 g/mol. The van der Waals surface area contributed by atoms with Gasteiger partial charge in [0.1, 0.15) is 5.69 Å². The number of benzene rings is 2. The summed E-state index contributed by atoms with van der Waals surface area (Å²) >= 11 is 0. The summed E-state index contributed by atoms with van der Waals surface area (Å²) in [4.78, 5) is 12.5. The number of rotatable bonds is 18. The molecule has 0 aliphatic rings. The Morgan fingerprint density at radius 3 is 2.38 bits per heavy atom. The number of oxazole rings is 1. The molecule has 0 amide bonds. The maximum atomic E-state index is 8.68. The first kappa shape index (κ1) is 29.8. The minimum Gasteiger partial charge on any atom is -0.423 e. The Morgan fingerprint density at radius 2 is 1.72 bits per heavy atom. The molecule has 0 saturated heterocycles. The van der Waals surface area contributed by atoms with Crippen molar-refractivity contribution >= 4 is 5.88 Å². The topological polar surface area (TPSA) is 81.3 Å². The Morgan fingerprint density at radius 1 is 1.00 bits per heavy atom. The van der Waals surface area contributed by atoms with Crippen molar-refractivity contribution in [3.63, 3.8) is 0 Å². The summed E-state index contributed by atoms with van der Waals surface area (Å²) in [5.41, 5.74) is 12.0. The third-order valence-corrected chi connectivity index (χ3v) is 6.88. The van der Waals surface area contributed by atoms with Gasteiger partial charge in [0.15, 0.2) is 0 Å². The Kier molecular flexibility index (Phi) is 13.0. The molecule has 2 aromatic carbocycles. The summed E-state index contributed by atoms with van der Waals surface area (Å²) in [5, 5.41) is 3.73. The molecule has 0 aliphatic carbocycles.